The minimum absolute atomic E-state index is 0.150. The third-order valence-electron chi connectivity index (χ3n) is 1.35. The number of hydrogen-bond donors (Lipinski definition) is 2. The minimum atomic E-state index is -0.415. The molecule has 1 aromatic rings. The van der Waals surface area contributed by atoms with E-state index in [0.29, 0.717) is 0 Å². The van der Waals surface area contributed by atoms with E-state index in [1.807, 2.05) is 0 Å². The molecule has 16 heavy (non-hydrogen) atoms. The second-order valence-corrected chi connectivity index (χ2v) is 3.88. The quantitative estimate of drug-likeness (QED) is 0.615. The first-order valence-electron chi connectivity index (χ1n) is 4.44. The zero-order valence-electron chi connectivity index (χ0n) is 9.60. The number of nitrogens with two attached hydrogens (primary N) is 2. The summed E-state index contributed by atoms with van der Waals surface area (Å²) in [6.07, 6.45) is 1.26. The fourth-order valence-corrected chi connectivity index (χ4v) is 0.539. The Bertz CT molecular complexity index is 331. The van der Waals surface area contributed by atoms with E-state index in [0.717, 1.165) is 0 Å². The fraction of sp³-hybridized carbons (Fsp3) is 0.444. The van der Waals surface area contributed by atoms with Crippen LogP contribution in [-0.4, -0.2) is 20.9 Å². The van der Waals surface area contributed by atoms with Crippen molar-refractivity contribution in [1.82, 2.24) is 15.0 Å². The van der Waals surface area contributed by atoms with E-state index in [-0.39, 0.29) is 17.9 Å². The van der Waals surface area contributed by atoms with Gasteiger partial charge in [0.2, 0.25) is 11.9 Å². The average Bonchev–Trinajstić information content (AvgIpc) is 2.15. The summed E-state index contributed by atoms with van der Waals surface area (Å²) >= 11 is 0. The van der Waals surface area contributed by atoms with Gasteiger partial charge in [0.05, 0.1) is 5.41 Å². The molecule has 0 aliphatic rings. The SMILES string of the molecule is Nc1ncnc(N)n1.[CH2]OC(=O)C(C)(C)C. The molecule has 0 bridgehead atoms. The lowest BCUT2D eigenvalue weighted by Crippen LogP contribution is -2.20. The first kappa shape index (κ1) is 14.1. The van der Waals surface area contributed by atoms with Gasteiger partial charge >= 0.3 is 5.97 Å². The van der Waals surface area contributed by atoms with Crippen LogP contribution < -0.4 is 11.5 Å². The van der Waals surface area contributed by atoms with Crippen LogP contribution >= 0.6 is 0 Å². The molecule has 0 saturated heterocycles. The zero-order chi connectivity index (χ0) is 12.8. The van der Waals surface area contributed by atoms with E-state index < -0.39 is 5.41 Å². The van der Waals surface area contributed by atoms with Crippen LogP contribution in [0.3, 0.4) is 0 Å². The summed E-state index contributed by atoms with van der Waals surface area (Å²) in [4.78, 5) is 21.1. The highest BCUT2D eigenvalue weighted by Gasteiger charge is 2.21. The van der Waals surface area contributed by atoms with Crippen LogP contribution in [0.2, 0.25) is 0 Å². The second-order valence-electron chi connectivity index (χ2n) is 3.88. The molecule has 0 amide bonds. The van der Waals surface area contributed by atoms with Crippen molar-refractivity contribution in [2.45, 2.75) is 20.8 Å². The molecule has 0 fully saturated rings. The molecule has 0 aromatic carbocycles. The highest BCUT2D eigenvalue weighted by molar-refractivity contribution is 5.75. The van der Waals surface area contributed by atoms with Crippen molar-refractivity contribution in [3.63, 3.8) is 0 Å². The Balaban J connectivity index is 0.000000281. The van der Waals surface area contributed by atoms with Gasteiger partial charge in [-0.25, -0.2) is 9.97 Å². The summed E-state index contributed by atoms with van der Waals surface area (Å²) in [6.45, 7) is 5.33. The Morgan fingerprint density at radius 1 is 1.31 bits per heavy atom. The van der Waals surface area contributed by atoms with Gasteiger partial charge in [0, 0.05) is 0 Å². The van der Waals surface area contributed by atoms with Gasteiger partial charge in [-0.1, -0.05) is 0 Å². The third kappa shape index (κ3) is 5.74. The summed E-state index contributed by atoms with van der Waals surface area (Å²) in [5.41, 5.74) is 9.82. The number of esters is 1. The number of nitrogen functional groups attached to an aromatic ring is 2. The van der Waals surface area contributed by atoms with E-state index in [1.54, 1.807) is 20.8 Å². The zero-order valence-corrected chi connectivity index (χ0v) is 9.60. The fourth-order valence-electron chi connectivity index (χ4n) is 0.539. The summed E-state index contributed by atoms with van der Waals surface area (Å²) in [5, 5.41) is 0. The van der Waals surface area contributed by atoms with Crippen LogP contribution in [0.1, 0.15) is 20.8 Å². The maximum absolute atomic E-state index is 10.5. The van der Waals surface area contributed by atoms with Crippen LogP contribution in [0.15, 0.2) is 6.33 Å². The molecule has 89 valence electrons. The lowest BCUT2D eigenvalue weighted by molar-refractivity contribution is -0.147. The average molecular weight is 226 g/mol. The van der Waals surface area contributed by atoms with E-state index >= 15 is 0 Å². The van der Waals surface area contributed by atoms with Gasteiger partial charge in [-0.15, -0.1) is 0 Å². The topological polar surface area (TPSA) is 117 Å². The van der Waals surface area contributed by atoms with Crippen molar-refractivity contribution >= 4 is 17.9 Å². The van der Waals surface area contributed by atoms with Gasteiger partial charge in [0.25, 0.3) is 0 Å². The van der Waals surface area contributed by atoms with Crippen molar-refractivity contribution in [2.75, 3.05) is 11.5 Å². The number of nitrogens with zero attached hydrogens (tertiary/aromatic N) is 3. The standard InChI is InChI=1S/C6H11O2.C3H5N5/c1-6(2,3)5(7)8-4;4-2-6-1-7-3(5)8-2/h4H2,1-3H3;1H,(H4,4,5,6,7,8). The molecule has 0 aliphatic carbocycles. The predicted octanol–water partition coefficient (Wildman–Crippen LogP) is 0.403. The molecule has 4 N–H and O–H groups in total. The monoisotopic (exact) mass is 226 g/mol. The summed E-state index contributed by atoms with van der Waals surface area (Å²) in [6, 6.07) is 0. The lowest BCUT2D eigenvalue weighted by Gasteiger charge is -2.12. The summed E-state index contributed by atoms with van der Waals surface area (Å²) in [7, 11) is 3.00. The van der Waals surface area contributed by atoms with Crippen LogP contribution in [0.4, 0.5) is 11.9 Å². The Morgan fingerprint density at radius 2 is 1.75 bits per heavy atom. The molecule has 0 atom stereocenters. The highest BCUT2D eigenvalue weighted by atomic mass is 16.5. The van der Waals surface area contributed by atoms with E-state index in [2.05, 4.69) is 26.8 Å². The second kappa shape index (κ2) is 5.84. The van der Waals surface area contributed by atoms with Crippen molar-refractivity contribution in [3.05, 3.63) is 13.4 Å². The lowest BCUT2D eigenvalue weighted by atomic mass is 9.98. The first-order chi connectivity index (χ1) is 7.27. The number of aromatic nitrogens is 3. The Labute approximate surface area is 94.2 Å². The van der Waals surface area contributed by atoms with Crippen molar-refractivity contribution in [2.24, 2.45) is 5.41 Å². The number of rotatable bonds is 0. The first-order valence-corrected chi connectivity index (χ1v) is 4.44. The molecule has 0 aliphatic heterocycles. The van der Waals surface area contributed by atoms with Gasteiger partial charge < -0.3 is 16.2 Å². The molecule has 7 heteroatoms. The van der Waals surface area contributed by atoms with E-state index in [4.69, 9.17) is 11.5 Å². The summed E-state index contributed by atoms with van der Waals surface area (Å²) < 4.78 is 4.23. The van der Waals surface area contributed by atoms with Gasteiger partial charge in [-0.05, 0) is 20.8 Å². The minimum Gasteiger partial charge on any atom is -0.462 e. The van der Waals surface area contributed by atoms with Crippen LogP contribution in [0.25, 0.3) is 0 Å². The molecule has 0 saturated carbocycles. The van der Waals surface area contributed by atoms with E-state index in [9.17, 15) is 4.79 Å². The van der Waals surface area contributed by atoms with Crippen LogP contribution in [0, 0.1) is 12.5 Å². The van der Waals surface area contributed by atoms with Gasteiger partial charge in [0.1, 0.15) is 13.4 Å². The molecule has 7 nitrogen and oxygen atoms in total. The number of anilines is 2. The van der Waals surface area contributed by atoms with Crippen molar-refractivity contribution < 1.29 is 9.53 Å². The molecule has 1 rings (SSSR count). The van der Waals surface area contributed by atoms with Crippen molar-refractivity contribution in [3.8, 4) is 0 Å². The normalized spacial score (nSPS) is 10.0. The highest BCUT2D eigenvalue weighted by Crippen LogP contribution is 2.14. The number of hydrogen-bond acceptors (Lipinski definition) is 7. The Morgan fingerprint density at radius 3 is 1.88 bits per heavy atom. The Hall–Kier alpha value is -1.92. The smallest absolute Gasteiger partial charge is 0.311 e. The molecule has 1 heterocycles. The summed E-state index contributed by atoms with van der Waals surface area (Å²) in [5.74, 6) is 0.0208. The van der Waals surface area contributed by atoms with Crippen molar-refractivity contribution in [1.29, 1.82) is 0 Å². The molecule has 1 radical (unpaired) electrons. The third-order valence-corrected chi connectivity index (χ3v) is 1.35. The Kier molecular flexibility index (Phi) is 5.14. The number of carbonyl (C=O) groups is 1. The van der Waals surface area contributed by atoms with Crippen LogP contribution in [0.5, 0.6) is 0 Å². The van der Waals surface area contributed by atoms with Gasteiger partial charge in [-0.2, -0.15) is 4.98 Å². The number of ether oxygens (including phenoxy) is 1. The largest absolute Gasteiger partial charge is 0.462 e. The predicted molar refractivity (Wildman–Crippen MR) is 59.6 cm³/mol. The molecular weight excluding hydrogens is 210 g/mol. The molecule has 0 unspecified atom stereocenters. The number of carbonyl (C=O) groups excluding carboxylic acids is 1. The molecular formula is C9H16N5O2. The van der Waals surface area contributed by atoms with Gasteiger partial charge in [0.15, 0.2) is 0 Å². The van der Waals surface area contributed by atoms with Crippen LogP contribution in [-0.2, 0) is 9.53 Å². The maximum atomic E-state index is 10.5. The maximum Gasteiger partial charge on any atom is 0.311 e. The molecule has 0 spiro atoms. The van der Waals surface area contributed by atoms with E-state index in [1.165, 1.54) is 6.33 Å². The van der Waals surface area contributed by atoms with Gasteiger partial charge in [-0.3, -0.25) is 4.79 Å². The molecule has 1 aromatic heterocycles.